The summed E-state index contributed by atoms with van der Waals surface area (Å²) in [5.41, 5.74) is 7.94. The maximum atomic E-state index is 10.3. The van der Waals surface area contributed by atoms with E-state index in [9.17, 15) is 4.79 Å². The summed E-state index contributed by atoms with van der Waals surface area (Å²) in [6.07, 6.45) is 0. The molecule has 0 fully saturated rings. The van der Waals surface area contributed by atoms with E-state index in [2.05, 4.69) is 14.8 Å². The third kappa shape index (κ3) is 6.67. The number of carbonyl (C=O) groups is 1. The van der Waals surface area contributed by atoms with Gasteiger partial charge in [-0.1, -0.05) is 12.0 Å². The first kappa shape index (κ1) is 9.78. The van der Waals surface area contributed by atoms with Crippen LogP contribution in [0.3, 0.4) is 0 Å². The molecule has 0 unspecified atom stereocenters. The van der Waals surface area contributed by atoms with Gasteiger partial charge in [0, 0.05) is 18.4 Å². The molecule has 0 heterocycles. The van der Waals surface area contributed by atoms with Gasteiger partial charge in [0.1, 0.15) is 0 Å². The highest BCUT2D eigenvalue weighted by molar-refractivity contribution is 5.65. The van der Waals surface area contributed by atoms with Gasteiger partial charge in [-0.2, -0.15) is 0 Å². The van der Waals surface area contributed by atoms with E-state index < -0.39 is 0 Å². The molecule has 0 aliphatic heterocycles. The van der Waals surface area contributed by atoms with Crippen LogP contribution in [0.5, 0.6) is 0 Å². The first-order valence-corrected chi connectivity index (χ1v) is 3.31. The Morgan fingerprint density at radius 1 is 1.82 bits per heavy atom. The number of ether oxygens (including phenoxy) is 1. The lowest BCUT2D eigenvalue weighted by Crippen LogP contribution is -2.11. The first-order chi connectivity index (χ1) is 5.16. The lowest BCUT2D eigenvalue weighted by Gasteiger charge is -2.06. The molecular weight excluding hydrogens is 146 g/mol. The maximum Gasteiger partial charge on any atom is 0.302 e. The van der Waals surface area contributed by atoms with E-state index in [0.717, 1.165) is 0 Å². The zero-order valence-corrected chi connectivity index (χ0v) is 6.65. The van der Waals surface area contributed by atoms with Gasteiger partial charge in [0.15, 0.2) is 0 Å². The normalized spacial score (nSPS) is 11.5. The fourth-order valence-corrected chi connectivity index (χ4v) is 0.488. The molecule has 0 aromatic heterocycles. The molecule has 0 bridgehead atoms. The zero-order valence-electron chi connectivity index (χ0n) is 6.65. The highest BCUT2D eigenvalue weighted by Crippen LogP contribution is 1.96. The van der Waals surface area contributed by atoms with E-state index in [1.165, 1.54) is 6.92 Å². The minimum absolute atomic E-state index is 0.0924. The molecular formula is C6H11N3O2. The zero-order chi connectivity index (χ0) is 8.69. The van der Waals surface area contributed by atoms with Gasteiger partial charge in [0.05, 0.1) is 6.61 Å². The van der Waals surface area contributed by atoms with Gasteiger partial charge in [-0.25, -0.2) is 0 Å². The monoisotopic (exact) mass is 157 g/mol. The molecule has 0 aliphatic rings. The quantitative estimate of drug-likeness (QED) is 0.268. The number of hydrogen-bond acceptors (Lipinski definition) is 3. The molecule has 62 valence electrons. The molecule has 11 heavy (non-hydrogen) atoms. The summed E-state index contributed by atoms with van der Waals surface area (Å²) in [5, 5.41) is 3.34. The summed E-state index contributed by atoms with van der Waals surface area (Å²) < 4.78 is 4.68. The van der Waals surface area contributed by atoms with Crippen molar-refractivity contribution >= 4 is 5.97 Å². The lowest BCUT2D eigenvalue weighted by atomic mass is 10.2. The predicted octanol–water partition coefficient (Wildman–Crippen LogP) is 1.50. The summed E-state index contributed by atoms with van der Waals surface area (Å²) in [6.45, 7) is 3.87. The van der Waals surface area contributed by atoms with Crippen LogP contribution in [-0.4, -0.2) is 19.1 Å². The van der Waals surface area contributed by atoms with Crippen molar-refractivity contribution in [2.24, 2.45) is 11.0 Å². The number of carbonyl (C=O) groups excluding carboxylic acids is 1. The van der Waals surface area contributed by atoms with Crippen molar-refractivity contribution in [2.75, 3.05) is 13.2 Å². The molecule has 5 heteroatoms. The van der Waals surface area contributed by atoms with Crippen LogP contribution in [0, 0.1) is 5.92 Å². The maximum absolute atomic E-state index is 10.3. The van der Waals surface area contributed by atoms with Crippen molar-refractivity contribution in [3.8, 4) is 0 Å². The summed E-state index contributed by atoms with van der Waals surface area (Å²) in [5.74, 6) is -0.215. The molecule has 0 aromatic carbocycles. The molecule has 0 spiro atoms. The Labute approximate surface area is 65.0 Å². The fourth-order valence-electron chi connectivity index (χ4n) is 0.488. The molecule has 1 atom stereocenters. The topological polar surface area (TPSA) is 75.1 Å². The second-order valence-corrected chi connectivity index (χ2v) is 2.32. The Morgan fingerprint density at radius 3 is 2.91 bits per heavy atom. The van der Waals surface area contributed by atoms with Crippen molar-refractivity contribution in [1.29, 1.82) is 0 Å². The third-order valence-corrected chi connectivity index (χ3v) is 1.03. The number of nitrogens with zero attached hydrogens (tertiary/aromatic N) is 3. The molecule has 0 aliphatic carbocycles. The highest BCUT2D eigenvalue weighted by atomic mass is 16.5. The smallest absolute Gasteiger partial charge is 0.302 e. The largest absolute Gasteiger partial charge is 0.466 e. The van der Waals surface area contributed by atoms with Crippen LogP contribution in [0.4, 0.5) is 0 Å². The fraction of sp³-hybridized carbons (Fsp3) is 0.833. The van der Waals surface area contributed by atoms with Gasteiger partial charge < -0.3 is 4.74 Å². The molecule has 0 radical (unpaired) electrons. The van der Waals surface area contributed by atoms with Crippen molar-refractivity contribution in [1.82, 2.24) is 0 Å². The standard InChI is InChI=1S/C6H11N3O2/c1-5(3-8-9-7)4-11-6(2)10/h5H,3-4H2,1-2H3/t5-/m1/s1. The van der Waals surface area contributed by atoms with E-state index >= 15 is 0 Å². The van der Waals surface area contributed by atoms with Crippen molar-refractivity contribution in [3.05, 3.63) is 10.4 Å². The van der Waals surface area contributed by atoms with Crippen molar-refractivity contribution in [2.45, 2.75) is 13.8 Å². The molecule has 0 amide bonds. The second-order valence-electron chi connectivity index (χ2n) is 2.32. The van der Waals surface area contributed by atoms with E-state index in [1.54, 1.807) is 0 Å². The SMILES string of the molecule is CC(=O)OC[C@H](C)CN=[N+]=[N-]. The van der Waals surface area contributed by atoms with Crippen LogP contribution in [0.1, 0.15) is 13.8 Å². The van der Waals surface area contributed by atoms with Crippen LogP contribution < -0.4 is 0 Å². The molecule has 0 N–H and O–H groups in total. The van der Waals surface area contributed by atoms with Crippen molar-refractivity contribution < 1.29 is 9.53 Å². The van der Waals surface area contributed by atoms with Gasteiger partial charge in [-0.05, 0) is 11.4 Å². The van der Waals surface area contributed by atoms with Gasteiger partial charge in [0.2, 0.25) is 0 Å². The Morgan fingerprint density at radius 2 is 2.45 bits per heavy atom. The minimum atomic E-state index is -0.308. The van der Waals surface area contributed by atoms with Gasteiger partial charge >= 0.3 is 5.97 Å². The summed E-state index contributed by atoms with van der Waals surface area (Å²) in [4.78, 5) is 12.9. The number of azide groups is 1. The number of esters is 1. The van der Waals surface area contributed by atoms with Crippen LogP contribution in [-0.2, 0) is 9.53 Å². The molecule has 0 aromatic rings. The Bertz CT molecular complexity index is 175. The summed E-state index contributed by atoms with van der Waals surface area (Å²) >= 11 is 0. The minimum Gasteiger partial charge on any atom is -0.466 e. The number of hydrogen-bond donors (Lipinski definition) is 0. The Kier molecular flexibility index (Phi) is 4.94. The van der Waals surface area contributed by atoms with Crippen LogP contribution in [0.25, 0.3) is 10.4 Å². The first-order valence-electron chi connectivity index (χ1n) is 3.31. The average Bonchev–Trinajstić information content (AvgIpc) is 1.97. The third-order valence-electron chi connectivity index (χ3n) is 1.03. The average molecular weight is 157 g/mol. The lowest BCUT2D eigenvalue weighted by molar-refractivity contribution is -0.142. The van der Waals surface area contributed by atoms with Crippen LogP contribution in [0.2, 0.25) is 0 Å². The predicted molar refractivity (Wildman–Crippen MR) is 39.8 cm³/mol. The van der Waals surface area contributed by atoms with Crippen LogP contribution >= 0.6 is 0 Å². The summed E-state index contributed by atoms with van der Waals surface area (Å²) in [7, 11) is 0. The van der Waals surface area contributed by atoms with Gasteiger partial charge in [-0.15, -0.1) is 0 Å². The van der Waals surface area contributed by atoms with E-state index in [1.807, 2.05) is 6.92 Å². The Hall–Kier alpha value is -1.22. The second kappa shape index (κ2) is 5.56. The highest BCUT2D eigenvalue weighted by Gasteiger charge is 2.01. The molecule has 0 saturated heterocycles. The van der Waals surface area contributed by atoms with Gasteiger partial charge in [-0.3, -0.25) is 4.79 Å². The van der Waals surface area contributed by atoms with E-state index in [4.69, 9.17) is 5.53 Å². The molecule has 5 nitrogen and oxygen atoms in total. The molecule has 0 rings (SSSR count). The number of rotatable bonds is 4. The molecule has 0 saturated carbocycles. The van der Waals surface area contributed by atoms with Crippen molar-refractivity contribution in [3.63, 3.8) is 0 Å². The van der Waals surface area contributed by atoms with Gasteiger partial charge in [0.25, 0.3) is 0 Å². The van der Waals surface area contributed by atoms with E-state index in [-0.39, 0.29) is 11.9 Å². The summed E-state index contributed by atoms with van der Waals surface area (Å²) in [6, 6.07) is 0. The van der Waals surface area contributed by atoms with Crippen LogP contribution in [0.15, 0.2) is 5.11 Å². The van der Waals surface area contributed by atoms with E-state index in [0.29, 0.717) is 13.2 Å². The Balaban J connectivity index is 3.44.